The smallest absolute Gasteiger partial charge is 0.286 e. The maximum Gasteiger partial charge on any atom is 0.286 e. The van der Waals surface area contributed by atoms with Crippen LogP contribution in [-0.2, 0) is 4.84 Å². The van der Waals surface area contributed by atoms with Crippen LogP contribution in [0, 0.1) is 0 Å². The lowest BCUT2D eigenvalue weighted by Gasteiger charge is -2.13. The van der Waals surface area contributed by atoms with Crippen LogP contribution in [0.25, 0.3) is 21.9 Å². The minimum atomic E-state index is -0.322. The van der Waals surface area contributed by atoms with Crippen molar-refractivity contribution in [1.82, 2.24) is 10.8 Å². The number of unbranched alkanes of at least 4 members (excludes halogenated alkanes) is 5. The molecule has 3 aromatic carbocycles. The lowest BCUT2D eigenvalue weighted by molar-refractivity contribution is 0.0735. The van der Waals surface area contributed by atoms with E-state index in [1.54, 1.807) is 0 Å². The van der Waals surface area contributed by atoms with E-state index in [9.17, 15) is 4.79 Å². The first-order valence-electron chi connectivity index (χ1n) is 11.0. The third kappa shape index (κ3) is 6.79. The number of amides is 1. The second kappa shape index (κ2) is 12.1. The molecule has 0 bridgehead atoms. The summed E-state index contributed by atoms with van der Waals surface area (Å²) < 4.78 is 0. The molecule has 0 aromatic heterocycles. The third-order valence-corrected chi connectivity index (χ3v) is 5.48. The van der Waals surface area contributed by atoms with E-state index in [1.165, 1.54) is 32.1 Å². The molecule has 2 N–H and O–H groups in total. The van der Waals surface area contributed by atoms with E-state index in [0.717, 1.165) is 34.9 Å². The second-order valence-corrected chi connectivity index (χ2v) is 8.00. The number of carbonyl (C=O) groups is 1. The predicted molar refractivity (Wildman–Crippen MR) is 132 cm³/mol. The monoisotopic (exact) mass is 434 g/mol. The van der Waals surface area contributed by atoms with Crippen molar-refractivity contribution in [3.05, 3.63) is 72.3 Å². The van der Waals surface area contributed by atoms with E-state index < -0.39 is 0 Å². The first-order chi connectivity index (χ1) is 15.2. The Kier molecular flexibility index (Phi) is 8.85. The van der Waals surface area contributed by atoms with Gasteiger partial charge in [-0.1, -0.05) is 93.6 Å². The van der Waals surface area contributed by atoms with Gasteiger partial charge >= 0.3 is 0 Å². The summed E-state index contributed by atoms with van der Waals surface area (Å²) in [6, 6.07) is 21.8. The number of benzene rings is 3. The molecule has 31 heavy (non-hydrogen) atoms. The molecule has 0 atom stereocenters. The molecular weight excluding hydrogens is 404 g/mol. The summed E-state index contributed by atoms with van der Waals surface area (Å²) >= 11 is 5.19. The molecule has 0 aliphatic rings. The summed E-state index contributed by atoms with van der Waals surface area (Å²) in [6.45, 7) is 2.96. The molecule has 0 aliphatic heterocycles. The van der Waals surface area contributed by atoms with Gasteiger partial charge in [-0.25, -0.2) is 0 Å². The van der Waals surface area contributed by atoms with Crippen molar-refractivity contribution in [1.29, 1.82) is 0 Å². The standard InChI is InChI=1S/C26H30N2O2S/c1-2-3-4-5-6-12-17-27-26(31)30-28-25(29)24-19-22(20-13-8-7-9-14-20)18-21-15-10-11-16-23(21)24/h7-11,13-16,18-19H,2-6,12,17H2,1H3,(H,27,31)(H,28,29). The molecule has 0 saturated heterocycles. The Morgan fingerprint density at radius 3 is 2.39 bits per heavy atom. The van der Waals surface area contributed by atoms with Crippen LogP contribution in [0.4, 0.5) is 0 Å². The highest BCUT2D eigenvalue weighted by Crippen LogP contribution is 2.27. The normalized spacial score (nSPS) is 10.6. The van der Waals surface area contributed by atoms with Gasteiger partial charge in [0.1, 0.15) is 0 Å². The summed E-state index contributed by atoms with van der Waals surface area (Å²) in [5, 5.41) is 5.10. The summed E-state index contributed by atoms with van der Waals surface area (Å²) in [5.74, 6) is -0.322. The zero-order valence-electron chi connectivity index (χ0n) is 18.0. The molecule has 1 amide bonds. The van der Waals surface area contributed by atoms with Crippen molar-refractivity contribution in [3.63, 3.8) is 0 Å². The van der Waals surface area contributed by atoms with Crippen molar-refractivity contribution in [3.8, 4) is 11.1 Å². The highest BCUT2D eigenvalue weighted by Gasteiger charge is 2.14. The van der Waals surface area contributed by atoms with Crippen LogP contribution >= 0.6 is 12.2 Å². The van der Waals surface area contributed by atoms with Crippen LogP contribution in [0.1, 0.15) is 55.8 Å². The lowest BCUT2D eigenvalue weighted by Crippen LogP contribution is -2.34. The largest absolute Gasteiger partial charge is 0.349 e. The molecule has 0 saturated carbocycles. The SMILES string of the molecule is CCCCCCCCNC(=S)ONC(=O)c1cc(-c2ccccc2)cc2ccccc12. The molecule has 3 aromatic rings. The minimum Gasteiger partial charge on any atom is -0.349 e. The van der Waals surface area contributed by atoms with Gasteiger partial charge in [0.25, 0.3) is 11.1 Å². The van der Waals surface area contributed by atoms with E-state index in [4.69, 9.17) is 17.1 Å². The number of carbonyl (C=O) groups excluding carboxylic acids is 1. The molecule has 4 nitrogen and oxygen atoms in total. The molecule has 3 rings (SSSR count). The van der Waals surface area contributed by atoms with Crippen molar-refractivity contribution < 1.29 is 9.63 Å². The topological polar surface area (TPSA) is 50.4 Å². The molecule has 0 spiro atoms. The highest BCUT2D eigenvalue weighted by molar-refractivity contribution is 7.80. The maximum absolute atomic E-state index is 12.9. The van der Waals surface area contributed by atoms with Crippen LogP contribution in [0.15, 0.2) is 66.7 Å². The van der Waals surface area contributed by atoms with Gasteiger partial charge < -0.3 is 10.2 Å². The summed E-state index contributed by atoms with van der Waals surface area (Å²) in [5.41, 5.74) is 5.08. The van der Waals surface area contributed by atoms with Gasteiger partial charge in [-0.3, -0.25) is 4.79 Å². The Labute approximate surface area is 190 Å². The number of hydrogen-bond acceptors (Lipinski definition) is 3. The lowest BCUT2D eigenvalue weighted by atomic mass is 9.96. The van der Waals surface area contributed by atoms with Crippen molar-refractivity contribution in [2.24, 2.45) is 0 Å². The minimum absolute atomic E-state index is 0.186. The average Bonchev–Trinajstić information content (AvgIpc) is 2.81. The fourth-order valence-electron chi connectivity index (χ4n) is 3.58. The van der Waals surface area contributed by atoms with Gasteiger partial charge in [0.05, 0.1) is 5.56 Å². The van der Waals surface area contributed by atoms with E-state index in [1.807, 2.05) is 60.7 Å². The predicted octanol–water partition coefficient (Wildman–Crippen LogP) is 6.40. The number of rotatable bonds is 9. The van der Waals surface area contributed by atoms with E-state index in [2.05, 4.69) is 23.8 Å². The van der Waals surface area contributed by atoms with E-state index in [0.29, 0.717) is 5.56 Å². The molecule has 0 aliphatic carbocycles. The fourth-order valence-corrected chi connectivity index (χ4v) is 3.72. The van der Waals surface area contributed by atoms with Gasteiger partial charge in [-0.15, -0.1) is 0 Å². The third-order valence-electron chi connectivity index (χ3n) is 5.25. The Hall–Kier alpha value is -2.92. The van der Waals surface area contributed by atoms with Gasteiger partial charge in [0.2, 0.25) is 0 Å². The molecule has 0 unspecified atom stereocenters. The van der Waals surface area contributed by atoms with E-state index in [-0.39, 0.29) is 11.1 Å². The van der Waals surface area contributed by atoms with Crippen LogP contribution in [-0.4, -0.2) is 17.6 Å². The van der Waals surface area contributed by atoms with E-state index >= 15 is 0 Å². The second-order valence-electron chi connectivity index (χ2n) is 7.63. The molecule has 0 heterocycles. The zero-order valence-corrected chi connectivity index (χ0v) is 18.8. The fraction of sp³-hybridized carbons (Fsp3) is 0.308. The van der Waals surface area contributed by atoms with Crippen LogP contribution in [0.5, 0.6) is 0 Å². The van der Waals surface area contributed by atoms with Gasteiger partial charge in [-0.2, -0.15) is 5.48 Å². The first kappa shape index (κ1) is 22.8. The number of fused-ring (bicyclic) bond motifs is 1. The maximum atomic E-state index is 12.9. The highest BCUT2D eigenvalue weighted by atomic mass is 32.1. The Bertz CT molecular complexity index is 1000. The average molecular weight is 435 g/mol. The number of thiocarbonyl (C=S) groups is 1. The van der Waals surface area contributed by atoms with Crippen LogP contribution in [0.3, 0.4) is 0 Å². The first-order valence-corrected chi connectivity index (χ1v) is 11.4. The van der Waals surface area contributed by atoms with Crippen molar-refractivity contribution in [2.75, 3.05) is 6.54 Å². The Morgan fingerprint density at radius 2 is 1.58 bits per heavy atom. The van der Waals surface area contributed by atoms with Crippen LogP contribution < -0.4 is 10.8 Å². The quantitative estimate of drug-likeness (QED) is 0.232. The number of nitrogens with one attached hydrogen (secondary N) is 2. The molecular formula is C26H30N2O2S. The van der Waals surface area contributed by atoms with Gasteiger partial charge in [-0.05, 0) is 52.7 Å². The van der Waals surface area contributed by atoms with Gasteiger partial charge in [0, 0.05) is 6.54 Å². The Balaban J connectivity index is 1.60. The molecule has 0 radical (unpaired) electrons. The molecule has 5 heteroatoms. The van der Waals surface area contributed by atoms with Crippen molar-refractivity contribution >= 4 is 34.1 Å². The summed E-state index contributed by atoms with van der Waals surface area (Å²) in [7, 11) is 0. The van der Waals surface area contributed by atoms with Gasteiger partial charge in [0.15, 0.2) is 0 Å². The van der Waals surface area contributed by atoms with Crippen molar-refractivity contribution in [2.45, 2.75) is 45.4 Å². The number of hydroxylamine groups is 1. The number of hydrogen-bond donors (Lipinski definition) is 2. The summed E-state index contributed by atoms with van der Waals surface area (Å²) in [6.07, 6.45) is 7.26. The zero-order chi connectivity index (χ0) is 21.9. The Morgan fingerprint density at radius 1 is 0.871 bits per heavy atom. The molecule has 0 fully saturated rings. The summed E-state index contributed by atoms with van der Waals surface area (Å²) in [4.78, 5) is 18.2. The molecule has 162 valence electrons. The van der Waals surface area contributed by atoms with Crippen LogP contribution in [0.2, 0.25) is 0 Å².